The second-order valence-electron chi connectivity index (χ2n) is 9.13. The molecule has 0 spiro atoms. The van der Waals surface area contributed by atoms with E-state index in [1.165, 1.54) is 0 Å². The van der Waals surface area contributed by atoms with Gasteiger partial charge in [-0.25, -0.2) is 9.59 Å². The quantitative estimate of drug-likeness (QED) is 0.525. The Hall–Kier alpha value is -3.35. The van der Waals surface area contributed by atoms with Crippen LogP contribution in [0.1, 0.15) is 62.5 Å². The molecule has 3 atom stereocenters. The second kappa shape index (κ2) is 10.7. The monoisotopic (exact) mass is 464 g/mol. The molecule has 0 radical (unpaired) electrons. The molecule has 4 rings (SSSR count). The minimum atomic E-state index is -1.05. The average Bonchev–Trinajstić information content (AvgIpc) is 2.97. The third kappa shape index (κ3) is 5.08. The SMILES string of the molecule is CC[C@@H](NC(=O)[C@@H]1CCCCC[C@@H]1NC(=O)OCC1c2ccccc2-c2ccccc21)C(=O)O. The molecule has 0 aliphatic heterocycles. The van der Waals surface area contributed by atoms with Crippen LogP contribution >= 0.6 is 0 Å². The molecule has 0 aromatic heterocycles. The van der Waals surface area contributed by atoms with E-state index in [0.717, 1.165) is 41.5 Å². The van der Waals surface area contributed by atoms with Crippen molar-refractivity contribution in [2.24, 2.45) is 5.92 Å². The van der Waals surface area contributed by atoms with Crippen molar-refractivity contribution in [3.63, 3.8) is 0 Å². The number of rotatable bonds is 7. The summed E-state index contributed by atoms with van der Waals surface area (Å²) in [5.41, 5.74) is 4.61. The molecule has 2 aromatic carbocycles. The highest BCUT2D eigenvalue weighted by molar-refractivity contribution is 5.86. The first-order chi connectivity index (χ1) is 16.5. The van der Waals surface area contributed by atoms with Crippen LogP contribution in [0, 0.1) is 5.92 Å². The molecule has 2 amide bonds. The van der Waals surface area contributed by atoms with Crippen LogP contribution in [0.5, 0.6) is 0 Å². The Bertz CT molecular complexity index is 1010. The number of carboxylic acids is 1. The summed E-state index contributed by atoms with van der Waals surface area (Å²) in [6.07, 6.45) is 3.76. The summed E-state index contributed by atoms with van der Waals surface area (Å²) in [4.78, 5) is 37.0. The number of aliphatic carboxylic acids is 1. The van der Waals surface area contributed by atoms with Gasteiger partial charge in [0.2, 0.25) is 5.91 Å². The third-order valence-electron chi connectivity index (χ3n) is 7.02. The molecule has 1 saturated carbocycles. The van der Waals surface area contributed by atoms with E-state index in [1.54, 1.807) is 6.92 Å². The van der Waals surface area contributed by atoms with Gasteiger partial charge in [0.05, 0.1) is 5.92 Å². The minimum absolute atomic E-state index is 0.0349. The zero-order valence-corrected chi connectivity index (χ0v) is 19.5. The smallest absolute Gasteiger partial charge is 0.407 e. The fourth-order valence-electron chi connectivity index (χ4n) is 5.20. The zero-order valence-electron chi connectivity index (χ0n) is 19.5. The number of benzene rings is 2. The highest BCUT2D eigenvalue weighted by Gasteiger charge is 2.34. The lowest BCUT2D eigenvalue weighted by atomic mass is 9.93. The number of hydrogen-bond acceptors (Lipinski definition) is 4. The van der Waals surface area contributed by atoms with Crippen LogP contribution in [0.4, 0.5) is 4.79 Å². The number of hydrogen-bond donors (Lipinski definition) is 3. The number of carboxylic acid groups (broad SMARTS) is 1. The van der Waals surface area contributed by atoms with E-state index >= 15 is 0 Å². The van der Waals surface area contributed by atoms with Crippen LogP contribution in [0.3, 0.4) is 0 Å². The molecule has 1 fully saturated rings. The van der Waals surface area contributed by atoms with Gasteiger partial charge in [-0.05, 0) is 41.5 Å². The summed E-state index contributed by atoms with van der Waals surface area (Å²) in [7, 11) is 0. The van der Waals surface area contributed by atoms with E-state index in [1.807, 2.05) is 24.3 Å². The van der Waals surface area contributed by atoms with E-state index in [-0.39, 0.29) is 24.5 Å². The normalized spacial score (nSPS) is 20.4. The van der Waals surface area contributed by atoms with Gasteiger partial charge in [-0.1, -0.05) is 74.7 Å². The number of ether oxygens (including phenoxy) is 1. The van der Waals surface area contributed by atoms with E-state index in [4.69, 9.17) is 4.74 Å². The molecule has 0 heterocycles. The van der Waals surface area contributed by atoms with Gasteiger partial charge in [0.25, 0.3) is 0 Å². The van der Waals surface area contributed by atoms with Gasteiger partial charge in [-0.15, -0.1) is 0 Å². The van der Waals surface area contributed by atoms with Crippen molar-refractivity contribution >= 4 is 18.0 Å². The van der Waals surface area contributed by atoms with Crippen molar-refractivity contribution in [3.05, 3.63) is 59.7 Å². The molecule has 2 aliphatic carbocycles. The van der Waals surface area contributed by atoms with Crippen LogP contribution < -0.4 is 10.6 Å². The summed E-state index contributed by atoms with van der Waals surface area (Å²) in [5.74, 6) is -1.88. The molecule has 34 heavy (non-hydrogen) atoms. The number of carbonyl (C=O) groups excluding carboxylic acids is 2. The van der Waals surface area contributed by atoms with E-state index < -0.39 is 24.0 Å². The van der Waals surface area contributed by atoms with Gasteiger partial charge in [0, 0.05) is 12.0 Å². The van der Waals surface area contributed by atoms with Gasteiger partial charge in [-0.2, -0.15) is 0 Å². The largest absolute Gasteiger partial charge is 0.480 e. The molecule has 0 saturated heterocycles. The number of amides is 2. The molecule has 2 aliphatic rings. The molecular weight excluding hydrogens is 432 g/mol. The molecule has 0 unspecified atom stereocenters. The summed E-state index contributed by atoms with van der Waals surface area (Å²) < 4.78 is 5.68. The Labute approximate surface area is 199 Å². The van der Waals surface area contributed by atoms with Gasteiger partial charge in [-0.3, -0.25) is 4.79 Å². The predicted octanol–water partition coefficient (Wildman–Crippen LogP) is 4.45. The number of alkyl carbamates (subject to hydrolysis) is 1. The lowest BCUT2D eigenvalue weighted by Crippen LogP contribution is -2.50. The van der Waals surface area contributed by atoms with Gasteiger partial charge in [0.15, 0.2) is 0 Å². The van der Waals surface area contributed by atoms with Crippen LogP contribution in [0.25, 0.3) is 11.1 Å². The van der Waals surface area contributed by atoms with Crippen molar-refractivity contribution in [3.8, 4) is 11.1 Å². The Balaban J connectivity index is 1.41. The highest BCUT2D eigenvalue weighted by Crippen LogP contribution is 2.44. The number of carbonyl (C=O) groups is 3. The van der Waals surface area contributed by atoms with Crippen molar-refractivity contribution in [1.29, 1.82) is 0 Å². The molecule has 3 N–H and O–H groups in total. The molecule has 0 bridgehead atoms. The molecule has 7 heteroatoms. The topological polar surface area (TPSA) is 105 Å². The highest BCUT2D eigenvalue weighted by atomic mass is 16.5. The first-order valence-electron chi connectivity index (χ1n) is 12.1. The van der Waals surface area contributed by atoms with Crippen molar-refractivity contribution in [1.82, 2.24) is 10.6 Å². The predicted molar refractivity (Wildman–Crippen MR) is 128 cm³/mol. The van der Waals surface area contributed by atoms with Crippen LogP contribution in [-0.4, -0.2) is 41.8 Å². The van der Waals surface area contributed by atoms with E-state index in [0.29, 0.717) is 19.3 Å². The van der Waals surface area contributed by atoms with Crippen molar-refractivity contribution in [2.75, 3.05) is 6.61 Å². The second-order valence-corrected chi connectivity index (χ2v) is 9.13. The summed E-state index contributed by atoms with van der Waals surface area (Å²) in [6.45, 7) is 1.93. The fourth-order valence-corrected chi connectivity index (χ4v) is 5.20. The summed E-state index contributed by atoms with van der Waals surface area (Å²) >= 11 is 0. The van der Waals surface area contributed by atoms with E-state index in [9.17, 15) is 19.5 Å². The van der Waals surface area contributed by atoms with Crippen LogP contribution in [0.15, 0.2) is 48.5 Å². The molecule has 7 nitrogen and oxygen atoms in total. The Morgan fingerprint density at radius 1 is 0.971 bits per heavy atom. The van der Waals surface area contributed by atoms with Gasteiger partial charge >= 0.3 is 12.1 Å². The Kier molecular flexibility index (Phi) is 7.50. The maximum absolute atomic E-state index is 12.9. The maximum Gasteiger partial charge on any atom is 0.407 e. The summed E-state index contributed by atoms with van der Waals surface area (Å²) in [5, 5.41) is 14.8. The molecule has 180 valence electrons. The first kappa shape index (κ1) is 23.8. The summed E-state index contributed by atoms with van der Waals surface area (Å²) in [6, 6.07) is 15.0. The Morgan fingerprint density at radius 2 is 1.59 bits per heavy atom. The lowest BCUT2D eigenvalue weighted by molar-refractivity contribution is -0.142. The third-order valence-corrected chi connectivity index (χ3v) is 7.02. The maximum atomic E-state index is 12.9. The van der Waals surface area contributed by atoms with Crippen LogP contribution in [-0.2, 0) is 14.3 Å². The zero-order chi connectivity index (χ0) is 24.1. The fraction of sp³-hybridized carbons (Fsp3) is 0.444. The Morgan fingerprint density at radius 3 is 2.21 bits per heavy atom. The van der Waals surface area contributed by atoms with Crippen molar-refractivity contribution in [2.45, 2.75) is 63.5 Å². The van der Waals surface area contributed by atoms with Crippen molar-refractivity contribution < 1.29 is 24.2 Å². The molecular formula is C27H32N2O5. The van der Waals surface area contributed by atoms with Crippen LogP contribution in [0.2, 0.25) is 0 Å². The lowest BCUT2D eigenvalue weighted by Gasteiger charge is -2.26. The number of fused-ring (bicyclic) bond motifs is 3. The number of nitrogens with one attached hydrogen (secondary N) is 2. The van der Waals surface area contributed by atoms with Gasteiger partial charge in [0.1, 0.15) is 12.6 Å². The molecule has 2 aromatic rings. The average molecular weight is 465 g/mol. The van der Waals surface area contributed by atoms with E-state index in [2.05, 4.69) is 34.9 Å². The van der Waals surface area contributed by atoms with Gasteiger partial charge < -0.3 is 20.5 Å². The first-order valence-corrected chi connectivity index (χ1v) is 12.1. The minimum Gasteiger partial charge on any atom is -0.480 e. The standard InChI is InChI=1S/C27H32N2O5/c1-2-23(26(31)32)28-25(30)21-14-4-3-5-15-24(21)29-27(33)34-16-22-19-12-8-6-10-17(19)18-11-7-9-13-20(18)22/h6-13,21-24H,2-5,14-16H2,1H3,(H,28,30)(H,29,33)(H,31,32)/t21-,23-,24+/m1/s1.